The molecular weight excluding hydrogens is 288 g/mol. The van der Waals surface area contributed by atoms with E-state index in [1.165, 1.54) is 12.0 Å². The number of nitrogens with one attached hydrogen (secondary N) is 2. The van der Waals surface area contributed by atoms with E-state index in [9.17, 15) is 0 Å². The summed E-state index contributed by atoms with van der Waals surface area (Å²) in [5.74, 6) is 0. The molecule has 0 radical (unpaired) electrons. The monoisotopic (exact) mass is 310 g/mol. The first-order chi connectivity index (χ1) is 8.49. The Hall–Kier alpha value is -0.380. The third-order valence-electron chi connectivity index (χ3n) is 3.93. The Balaban J connectivity index is 2.04. The molecule has 2 unspecified atom stereocenters. The minimum absolute atomic E-state index is 0.318. The van der Waals surface area contributed by atoms with E-state index in [2.05, 4.69) is 71.6 Å². The zero-order valence-electron chi connectivity index (χ0n) is 11.5. The van der Waals surface area contributed by atoms with Crippen LogP contribution < -0.4 is 10.6 Å². The Bertz CT molecular complexity index is 403. The van der Waals surface area contributed by atoms with Crippen molar-refractivity contribution in [1.82, 2.24) is 10.6 Å². The average molecular weight is 311 g/mol. The van der Waals surface area contributed by atoms with Gasteiger partial charge in [0.25, 0.3) is 0 Å². The molecule has 0 spiro atoms. The van der Waals surface area contributed by atoms with Crippen molar-refractivity contribution in [3.8, 4) is 0 Å². The summed E-state index contributed by atoms with van der Waals surface area (Å²) >= 11 is 3.54. The molecule has 2 rings (SSSR count). The minimum atomic E-state index is 0.318. The second-order valence-corrected chi connectivity index (χ2v) is 6.87. The third kappa shape index (κ3) is 3.34. The minimum Gasteiger partial charge on any atom is -0.316 e. The lowest BCUT2D eigenvalue weighted by atomic mass is 9.79. The highest BCUT2D eigenvalue weighted by Gasteiger charge is 2.32. The van der Waals surface area contributed by atoms with Crippen molar-refractivity contribution in [1.29, 1.82) is 0 Å². The Morgan fingerprint density at radius 3 is 2.89 bits per heavy atom. The highest BCUT2D eigenvalue weighted by atomic mass is 79.9. The third-order valence-corrected chi connectivity index (χ3v) is 4.43. The van der Waals surface area contributed by atoms with Crippen molar-refractivity contribution in [2.24, 2.45) is 5.41 Å². The predicted molar refractivity (Wildman–Crippen MR) is 80.7 cm³/mol. The molecule has 0 amide bonds. The molecular formula is C15H23BrN2. The molecule has 1 fully saturated rings. The molecule has 0 aromatic heterocycles. The lowest BCUT2D eigenvalue weighted by Crippen LogP contribution is -2.53. The van der Waals surface area contributed by atoms with Gasteiger partial charge in [-0.05, 0) is 43.0 Å². The summed E-state index contributed by atoms with van der Waals surface area (Å²) in [6.45, 7) is 9.14. The molecule has 1 aromatic carbocycles. The lowest BCUT2D eigenvalue weighted by Gasteiger charge is -2.41. The summed E-state index contributed by atoms with van der Waals surface area (Å²) in [6.07, 6.45) is 1.20. The van der Waals surface area contributed by atoms with Gasteiger partial charge >= 0.3 is 0 Å². The number of halogens is 1. The average Bonchev–Trinajstić information content (AvgIpc) is 2.31. The van der Waals surface area contributed by atoms with Crippen LogP contribution in [0, 0.1) is 5.41 Å². The maximum atomic E-state index is 3.79. The molecule has 1 saturated heterocycles. The molecule has 3 heteroatoms. The van der Waals surface area contributed by atoms with Crippen LogP contribution in [0.5, 0.6) is 0 Å². The van der Waals surface area contributed by atoms with Crippen LogP contribution in [0.2, 0.25) is 0 Å². The fourth-order valence-corrected chi connectivity index (χ4v) is 3.07. The van der Waals surface area contributed by atoms with Gasteiger partial charge in [0.15, 0.2) is 0 Å². The Morgan fingerprint density at radius 2 is 2.22 bits per heavy atom. The van der Waals surface area contributed by atoms with Crippen molar-refractivity contribution in [3.05, 3.63) is 34.3 Å². The molecule has 0 aliphatic carbocycles. The van der Waals surface area contributed by atoms with Crippen LogP contribution in [-0.4, -0.2) is 19.1 Å². The summed E-state index contributed by atoms with van der Waals surface area (Å²) in [5, 5.41) is 7.27. The number of piperidine rings is 1. The van der Waals surface area contributed by atoms with Gasteiger partial charge in [-0.2, -0.15) is 0 Å². The topological polar surface area (TPSA) is 24.1 Å². The first kappa shape index (κ1) is 14.0. The van der Waals surface area contributed by atoms with Crippen LogP contribution >= 0.6 is 15.9 Å². The SMILES string of the molecule is CC(NC1CCNCC1(C)C)c1cccc(Br)c1. The van der Waals surface area contributed by atoms with Gasteiger partial charge in [0.05, 0.1) is 0 Å². The number of benzene rings is 1. The van der Waals surface area contributed by atoms with Gasteiger partial charge in [0.1, 0.15) is 0 Å². The highest BCUT2D eigenvalue weighted by molar-refractivity contribution is 9.10. The van der Waals surface area contributed by atoms with Crippen LogP contribution in [0.1, 0.15) is 38.8 Å². The van der Waals surface area contributed by atoms with Crippen molar-refractivity contribution in [2.75, 3.05) is 13.1 Å². The molecule has 1 aliphatic rings. The van der Waals surface area contributed by atoms with E-state index in [-0.39, 0.29) is 0 Å². The van der Waals surface area contributed by atoms with E-state index < -0.39 is 0 Å². The lowest BCUT2D eigenvalue weighted by molar-refractivity contribution is 0.174. The Kier molecular flexibility index (Phi) is 4.46. The number of hydrogen-bond acceptors (Lipinski definition) is 2. The molecule has 1 heterocycles. The maximum Gasteiger partial charge on any atom is 0.0294 e. The molecule has 100 valence electrons. The summed E-state index contributed by atoms with van der Waals surface area (Å²) in [5.41, 5.74) is 1.66. The second-order valence-electron chi connectivity index (χ2n) is 5.95. The van der Waals surface area contributed by atoms with Crippen molar-refractivity contribution >= 4 is 15.9 Å². The molecule has 2 N–H and O–H groups in total. The van der Waals surface area contributed by atoms with Crippen molar-refractivity contribution < 1.29 is 0 Å². The van der Waals surface area contributed by atoms with Gasteiger partial charge < -0.3 is 10.6 Å². The molecule has 2 atom stereocenters. The van der Waals surface area contributed by atoms with Gasteiger partial charge in [0, 0.05) is 23.1 Å². The van der Waals surface area contributed by atoms with E-state index in [0.717, 1.165) is 17.6 Å². The number of rotatable bonds is 3. The van der Waals surface area contributed by atoms with Crippen LogP contribution in [0.3, 0.4) is 0 Å². The van der Waals surface area contributed by atoms with Crippen molar-refractivity contribution in [2.45, 2.75) is 39.3 Å². The summed E-state index contributed by atoms with van der Waals surface area (Å²) in [6, 6.07) is 9.54. The quantitative estimate of drug-likeness (QED) is 0.893. The van der Waals surface area contributed by atoms with E-state index >= 15 is 0 Å². The van der Waals surface area contributed by atoms with E-state index in [1.54, 1.807) is 0 Å². The smallest absolute Gasteiger partial charge is 0.0294 e. The van der Waals surface area contributed by atoms with Gasteiger partial charge in [-0.3, -0.25) is 0 Å². The zero-order chi connectivity index (χ0) is 13.2. The van der Waals surface area contributed by atoms with E-state index in [1.807, 2.05) is 0 Å². The largest absolute Gasteiger partial charge is 0.316 e. The fourth-order valence-electron chi connectivity index (χ4n) is 2.65. The summed E-state index contributed by atoms with van der Waals surface area (Å²) in [4.78, 5) is 0. The van der Waals surface area contributed by atoms with Crippen LogP contribution in [0.4, 0.5) is 0 Å². The highest BCUT2D eigenvalue weighted by Crippen LogP contribution is 2.28. The van der Waals surface area contributed by atoms with Gasteiger partial charge in [0.2, 0.25) is 0 Å². The van der Waals surface area contributed by atoms with Crippen molar-refractivity contribution in [3.63, 3.8) is 0 Å². The zero-order valence-corrected chi connectivity index (χ0v) is 13.0. The standard InChI is InChI=1S/C15H23BrN2/c1-11(12-5-4-6-13(16)9-12)18-14-7-8-17-10-15(14,2)3/h4-6,9,11,14,17-18H,7-8,10H2,1-3H3. The molecule has 0 saturated carbocycles. The van der Waals surface area contributed by atoms with Crippen LogP contribution in [0.25, 0.3) is 0 Å². The molecule has 18 heavy (non-hydrogen) atoms. The molecule has 1 aliphatic heterocycles. The van der Waals surface area contributed by atoms with Crippen LogP contribution in [0.15, 0.2) is 28.7 Å². The van der Waals surface area contributed by atoms with E-state index in [0.29, 0.717) is 17.5 Å². The first-order valence-corrected chi connectivity index (χ1v) is 7.50. The van der Waals surface area contributed by atoms with E-state index in [4.69, 9.17) is 0 Å². The van der Waals surface area contributed by atoms with Gasteiger partial charge in [-0.25, -0.2) is 0 Å². The summed E-state index contributed by atoms with van der Waals surface area (Å²) < 4.78 is 1.15. The maximum absolute atomic E-state index is 3.79. The normalized spacial score (nSPS) is 24.8. The van der Waals surface area contributed by atoms with Gasteiger partial charge in [-0.15, -0.1) is 0 Å². The molecule has 2 nitrogen and oxygen atoms in total. The second kappa shape index (κ2) is 5.72. The predicted octanol–water partition coefficient (Wildman–Crippen LogP) is 3.49. The Labute approximate surface area is 119 Å². The Morgan fingerprint density at radius 1 is 1.44 bits per heavy atom. The summed E-state index contributed by atoms with van der Waals surface area (Å²) in [7, 11) is 0. The fraction of sp³-hybridized carbons (Fsp3) is 0.600. The van der Waals surface area contributed by atoms with Crippen LogP contribution in [-0.2, 0) is 0 Å². The number of hydrogen-bond donors (Lipinski definition) is 2. The molecule has 1 aromatic rings. The molecule has 0 bridgehead atoms. The van der Waals surface area contributed by atoms with Gasteiger partial charge in [-0.1, -0.05) is 41.9 Å². The first-order valence-electron chi connectivity index (χ1n) is 6.71.